The van der Waals surface area contributed by atoms with Crippen LogP contribution in [-0.4, -0.2) is 5.54 Å². The zero-order valence-electron chi connectivity index (χ0n) is 6.98. The van der Waals surface area contributed by atoms with Gasteiger partial charge in [0.05, 0.1) is 0 Å². The Balaban J connectivity index is 1.98. The Morgan fingerprint density at radius 2 is 1.90 bits per heavy atom. The second-order valence-electron chi connectivity index (χ2n) is 4.56. The predicted octanol–water partition coefficient (Wildman–Crippen LogP) is 1.91. The Morgan fingerprint density at radius 3 is 2.20 bits per heavy atom. The molecule has 3 fully saturated rings. The molecule has 0 radical (unpaired) electrons. The van der Waals surface area contributed by atoms with Crippen LogP contribution in [0, 0.1) is 11.3 Å². The van der Waals surface area contributed by atoms with Gasteiger partial charge in [0.1, 0.15) is 0 Å². The normalized spacial score (nSPS) is 53.1. The molecule has 1 heteroatoms. The van der Waals surface area contributed by atoms with Gasteiger partial charge >= 0.3 is 0 Å². The second-order valence-corrected chi connectivity index (χ2v) is 4.56. The summed E-state index contributed by atoms with van der Waals surface area (Å²) in [4.78, 5) is 0. The van der Waals surface area contributed by atoms with Crippen molar-refractivity contribution in [1.82, 2.24) is 0 Å². The van der Waals surface area contributed by atoms with E-state index in [1.54, 1.807) is 0 Å². The van der Waals surface area contributed by atoms with Crippen molar-refractivity contribution in [3.8, 4) is 0 Å². The second kappa shape index (κ2) is 1.58. The molecule has 3 aliphatic rings. The maximum absolute atomic E-state index is 5.97. The molecule has 1 nitrogen and oxygen atoms in total. The Bertz CT molecular complexity index is 142. The first-order valence-corrected chi connectivity index (χ1v) is 4.39. The summed E-state index contributed by atoms with van der Waals surface area (Å²) < 4.78 is 0. The zero-order valence-corrected chi connectivity index (χ0v) is 6.98. The number of rotatable bonds is 2. The molecule has 1 unspecified atom stereocenters. The lowest BCUT2D eigenvalue weighted by molar-refractivity contribution is -0.168. The van der Waals surface area contributed by atoms with Crippen molar-refractivity contribution in [2.75, 3.05) is 0 Å². The average Bonchev–Trinajstić information content (AvgIpc) is 1.77. The molecule has 2 bridgehead atoms. The minimum Gasteiger partial charge on any atom is -0.325 e. The van der Waals surface area contributed by atoms with Crippen LogP contribution < -0.4 is 5.73 Å². The summed E-state index contributed by atoms with van der Waals surface area (Å²) in [5, 5.41) is 0. The molecule has 0 aromatic heterocycles. The van der Waals surface area contributed by atoms with Crippen LogP contribution in [0.25, 0.3) is 0 Å². The first kappa shape index (κ1) is 6.66. The number of hydrogen-bond donors (Lipinski definition) is 1. The summed E-state index contributed by atoms with van der Waals surface area (Å²) in [5.74, 6) is 0.915. The lowest BCUT2D eigenvalue weighted by Crippen LogP contribution is -2.73. The van der Waals surface area contributed by atoms with Crippen molar-refractivity contribution < 1.29 is 0 Å². The third kappa shape index (κ3) is 0.572. The first-order chi connectivity index (χ1) is 4.60. The quantitative estimate of drug-likeness (QED) is 0.621. The summed E-state index contributed by atoms with van der Waals surface area (Å²) in [6.07, 6.45) is 5.27. The molecule has 0 heterocycles. The highest BCUT2D eigenvalue weighted by Gasteiger charge is 2.66. The molecule has 1 atom stereocenters. The van der Waals surface area contributed by atoms with E-state index in [9.17, 15) is 0 Å². The van der Waals surface area contributed by atoms with Gasteiger partial charge in [-0.25, -0.2) is 0 Å². The molecule has 58 valence electrons. The highest BCUT2D eigenvalue weighted by Crippen LogP contribution is 2.69. The van der Waals surface area contributed by atoms with E-state index in [4.69, 9.17) is 5.73 Å². The van der Waals surface area contributed by atoms with Gasteiger partial charge < -0.3 is 5.73 Å². The Morgan fingerprint density at radius 1 is 1.40 bits per heavy atom. The van der Waals surface area contributed by atoms with Crippen LogP contribution in [0.3, 0.4) is 0 Å². The van der Waals surface area contributed by atoms with Gasteiger partial charge in [-0.15, -0.1) is 0 Å². The van der Waals surface area contributed by atoms with Crippen molar-refractivity contribution in [2.45, 2.75) is 45.1 Å². The van der Waals surface area contributed by atoms with Gasteiger partial charge in [0, 0.05) is 5.54 Å². The molecule has 2 N–H and O–H groups in total. The smallest absolute Gasteiger partial charge is 0.0170 e. The summed E-state index contributed by atoms with van der Waals surface area (Å²) in [6.45, 7) is 4.66. The van der Waals surface area contributed by atoms with E-state index >= 15 is 0 Å². The molecule has 0 aromatic rings. The lowest BCUT2D eigenvalue weighted by atomic mass is 9.36. The molecular formula is C9H17N. The van der Waals surface area contributed by atoms with Crippen LogP contribution in [0.15, 0.2) is 0 Å². The fourth-order valence-corrected chi connectivity index (χ4v) is 2.90. The van der Waals surface area contributed by atoms with Gasteiger partial charge in [-0.1, -0.05) is 20.3 Å². The predicted molar refractivity (Wildman–Crippen MR) is 42.7 cm³/mol. The van der Waals surface area contributed by atoms with Gasteiger partial charge in [0.2, 0.25) is 0 Å². The third-order valence-corrected chi connectivity index (χ3v) is 3.77. The number of nitrogens with two attached hydrogens (primary N) is 1. The maximum atomic E-state index is 5.97. The van der Waals surface area contributed by atoms with E-state index in [-0.39, 0.29) is 0 Å². The van der Waals surface area contributed by atoms with Crippen molar-refractivity contribution in [2.24, 2.45) is 17.1 Å². The van der Waals surface area contributed by atoms with Gasteiger partial charge in [-0.2, -0.15) is 0 Å². The fourth-order valence-electron chi connectivity index (χ4n) is 2.90. The Labute approximate surface area is 63.0 Å². The number of hydrogen-bond acceptors (Lipinski definition) is 1. The van der Waals surface area contributed by atoms with Gasteiger partial charge in [-0.05, 0) is 30.6 Å². The topological polar surface area (TPSA) is 26.0 Å². The largest absolute Gasteiger partial charge is 0.325 e. The van der Waals surface area contributed by atoms with E-state index in [0.717, 1.165) is 5.92 Å². The summed E-state index contributed by atoms with van der Waals surface area (Å²) in [7, 11) is 0. The standard InChI is InChI=1S/C9H17N/c1-3-7(2)8-4-9(10,5-8)6-8/h7H,3-6,10H2,1-2H3. The van der Waals surface area contributed by atoms with Crippen LogP contribution in [0.5, 0.6) is 0 Å². The highest BCUT2D eigenvalue weighted by atomic mass is 14.9. The van der Waals surface area contributed by atoms with Crippen LogP contribution in [0.4, 0.5) is 0 Å². The van der Waals surface area contributed by atoms with Crippen molar-refractivity contribution in [1.29, 1.82) is 0 Å². The Kier molecular flexibility index (Phi) is 1.05. The summed E-state index contributed by atoms with van der Waals surface area (Å²) in [6, 6.07) is 0. The summed E-state index contributed by atoms with van der Waals surface area (Å²) >= 11 is 0. The lowest BCUT2D eigenvalue weighted by Gasteiger charge is -2.71. The maximum Gasteiger partial charge on any atom is 0.0170 e. The highest BCUT2D eigenvalue weighted by molar-refractivity contribution is 5.22. The minimum atomic E-state index is 0.309. The van der Waals surface area contributed by atoms with E-state index < -0.39 is 0 Å². The monoisotopic (exact) mass is 139 g/mol. The van der Waals surface area contributed by atoms with Crippen molar-refractivity contribution in [3.05, 3.63) is 0 Å². The zero-order chi connectivity index (χ0) is 7.41. The van der Waals surface area contributed by atoms with Crippen LogP contribution in [-0.2, 0) is 0 Å². The first-order valence-electron chi connectivity index (χ1n) is 4.39. The summed E-state index contributed by atoms with van der Waals surface area (Å²) in [5.41, 5.74) is 6.99. The van der Waals surface area contributed by atoms with Gasteiger partial charge in [-0.3, -0.25) is 0 Å². The van der Waals surface area contributed by atoms with E-state index in [1.807, 2.05) is 0 Å². The molecule has 0 aliphatic heterocycles. The molecule has 3 saturated carbocycles. The van der Waals surface area contributed by atoms with Gasteiger partial charge in [0.25, 0.3) is 0 Å². The minimum absolute atomic E-state index is 0.309. The Hall–Kier alpha value is -0.0400. The molecule has 0 spiro atoms. The molecule has 0 saturated heterocycles. The van der Waals surface area contributed by atoms with E-state index in [0.29, 0.717) is 11.0 Å². The molecule has 3 rings (SSSR count). The molecule has 0 aromatic carbocycles. The van der Waals surface area contributed by atoms with Crippen LogP contribution in [0.2, 0.25) is 0 Å². The molecule has 0 amide bonds. The van der Waals surface area contributed by atoms with Crippen LogP contribution >= 0.6 is 0 Å². The van der Waals surface area contributed by atoms with E-state index in [1.165, 1.54) is 25.7 Å². The molecule has 10 heavy (non-hydrogen) atoms. The van der Waals surface area contributed by atoms with E-state index in [2.05, 4.69) is 13.8 Å². The van der Waals surface area contributed by atoms with Crippen LogP contribution in [0.1, 0.15) is 39.5 Å². The molecular weight excluding hydrogens is 122 g/mol. The average molecular weight is 139 g/mol. The van der Waals surface area contributed by atoms with Gasteiger partial charge in [0.15, 0.2) is 0 Å². The van der Waals surface area contributed by atoms with Crippen molar-refractivity contribution >= 4 is 0 Å². The molecule has 3 aliphatic carbocycles. The van der Waals surface area contributed by atoms with Crippen molar-refractivity contribution in [3.63, 3.8) is 0 Å². The third-order valence-electron chi connectivity index (χ3n) is 3.77. The SMILES string of the molecule is CCC(C)C12CC(N)(C1)C2. The fraction of sp³-hybridized carbons (Fsp3) is 1.00.